The molecule has 1 saturated heterocycles. The van der Waals surface area contributed by atoms with E-state index in [9.17, 15) is 15.0 Å². The maximum absolute atomic E-state index is 11.1. The smallest absolute Gasteiger partial charge is 0.221 e. The number of amides is 1. The van der Waals surface area contributed by atoms with Gasteiger partial charge in [-0.15, -0.1) is 0 Å². The number of carbonyl (C=O) groups excluding carboxylic acids is 1. The van der Waals surface area contributed by atoms with Gasteiger partial charge in [0.15, 0.2) is 0 Å². The zero-order chi connectivity index (χ0) is 12.4. The third-order valence-electron chi connectivity index (χ3n) is 2.94. The molecule has 92 valence electrons. The van der Waals surface area contributed by atoms with Crippen molar-refractivity contribution in [3.8, 4) is 11.5 Å². The maximum atomic E-state index is 11.1. The SMILES string of the molecule is CC(NC1CNC(=O)C1)c1cc(O)ccc1O. The summed E-state index contributed by atoms with van der Waals surface area (Å²) in [5, 5.41) is 25.1. The number of carbonyl (C=O) groups is 1. The molecule has 1 aromatic rings. The quantitative estimate of drug-likeness (QED) is 0.580. The molecule has 2 unspecified atom stereocenters. The predicted molar refractivity (Wildman–Crippen MR) is 62.7 cm³/mol. The molecule has 0 radical (unpaired) electrons. The van der Waals surface area contributed by atoms with E-state index in [0.717, 1.165) is 0 Å². The highest BCUT2D eigenvalue weighted by Gasteiger charge is 2.23. The standard InChI is InChI=1S/C12H16N2O3/c1-7(14-8-4-12(17)13-6-8)10-5-9(15)2-3-11(10)16/h2-3,5,7-8,14-16H,4,6H2,1H3,(H,13,17). The number of hydrogen-bond acceptors (Lipinski definition) is 4. The third kappa shape index (κ3) is 2.68. The number of nitrogens with one attached hydrogen (secondary N) is 2. The Hall–Kier alpha value is -1.75. The van der Waals surface area contributed by atoms with E-state index in [1.807, 2.05) is 6.92 Å². The molecular formula is C12H16N2O3. The Morgan fingerprint density at radius 2 is 2.24 bits per heavy atom. The summed E-state index contributed by atoms with van der Waals surface area (Å²) in [6, 6.07) is 4.36. The maximum Gasteiger partial charge on any atom is 0.221 e. The van der Waals surface area contributed by atoms with Gasteiger partial charge in [0.05, 0.1) is 0 Å². The van der Waals surface area contributed by atoms with Crippen LogP contribution in [-0.2, 0) is 4.79 Å². The van der Waals surface area contributed by atoms with Crippen molar-refractivity contribution in [1.29, 1.82) is 0 Å². The van der Waals surface area contributed by atoms with Crippen LogP contribution in [0.2, 0.25) is 0 Å². The van der Waals surface area contributed by atoms with Gasteiger partial charge in [0.1, 0.15) is 11.5 Å². The van der Waals surface area contributed by atoms with Crippen LogP contribution < -0.4 is 10.6 Å². The molecule has 1 amide bonds. The predicted octanol–water partition coefficient (Wildman–Crippen LogP) is 0.637. The monoisotopic (exact) mass is 236 g/mol. The van der Waals surface area contributed by atoms with E-state index in [4.69, 9.17) is 0 Å². The van der Waals surface area contributed by atoms with E-state index in [0.29, 0.717) is 18.5 Å². The highest BCUT2D eigenvalue weighted by atomic mass is 16.3. The van der Waals surface area contributed by atoms with Crippen LogP contribution in [-0.4, -0.2) is 28.7 Å². The highest BCUT2D eigenvalue weighted by Crippen LogP contribution is 2.28. The fourth-order valence-electron chi connectivity index (χ4n) is 2.06. The van der Waals surface area contributed by atoms with Gasteiger partial charge in [-0.2, -0.15) is 0 Å². The molecule has 2 rings (SSSR count). The lowest BCUT2D eigenvalue weighted by molar-refractivity contribution is -0.119. The molecule has 1 heterocycles. The second kappa shape index (κ2) is 4.63. The van der Waals surface area contributed by atoms with Crippen LogP contribution >= 0.6 is 0 Å². The summed E-state index contributed by atoms with van der Waals surface area (Å²) >= 11 is 0. The Bertz CT molecular complexity index is 434. The van der Waals surface area contributed by atoms with Gasteiger partial charge in [-0.3, -0.25) is 4.79 Å². The molecule has 5 heteroatoms. The van der Waals surface area contributed by atoms with E-state index in [1.54, 1.807) is 0 Å². The van der Waals surface area contributed by atoms with Gasteiger partial charge >= 0.3 is 0 Å². The molecule has 1 aliphatic heterocycles. The molecule has 17 heavy (non-hydrogen) atoms. The fourth-order valence-corrected chi connectivity index (χ4v) is 2.06. The summed E-state index contributed by atoms with van der Waals surface area (Å²) in [5.41, 5.74) is 0.629. The van der Waals surface area contributed by atoms with Crippen molar-refractivity contribution in [2.75, 3.05) is 6.54 Å². The van der Waals surface area contributed by atoms with Gasteiger partial charge in [0.25, 0.3) is 0 Å². The molecule has 5 nitrogen and oxygen atoms in total. The van der Waals surface area contributed by atoms with Crippen molar-refractivity contribution in [2.45, 2.75) is 25.4 Å². The lowest BCUT2D eigenvalue weighted by Gasteiger charge is -2.19. The number of phenols is 2. The number of phenolic OH excluding ortho intramolecular Hbond substituents is 2. The van der Waals surface area contributed by atoms with Crippen molar-refractivity contribution < 1.29 is 15.0 Å². The molecule has 0 bridgehead atoms. The molecule has 4 N–H and O–H groups in total. The average molecular weight is 236 g/mol. The lowest BCUT2D eigenvalue weighted by atomic mass is 10.1. The first-order valence-electron chi connectivity index (χ1n) is 5.61. The van der Waals surface area contributed by atoms with Gasteiger partial charge in [-0.1, -0.05) is 0 Å². The summed E-state index contributed by atoms with van der Waals surface area (Å²) in [6.07, 6.45) is 0.448. The van der Waals surface area contributed by atoms with E-state index in [1.165, 1.54) is 18.2 Å². The van der Waals surface area contributed by atoms with Crippen LogP contribution in [0.5, 0.6) is 11.5 Å². The van der Waals surface area contributed by atoms with Crippen LogP contribution in [0.25, 0.3) is 0 Å². The topological polar surface area (TPSA) is 81.6 Å². The molecule has 1 aromatic carbocycles. The summed E-state index contributed by atoms with van der Waals surface area (Å²) in [5.74, 6) is 0.294. The molecule has 0 saturated carbocycles. The van der Waals surface area contributed by atoms with E-state index >= 15 is 0 Å². The second-order valence-corrected chi connectivity index (χ2v) is 4.34. The minimum atomic E-state index is -0.125. The first-order chi connectivity index (χ1) is 8.06. The average Bonchev–Trinajstić information content (AvgIpc) is 2.67. The summed E-state index contributed by atoms with van der Waals surface area (Å²) in [6.45, 7) is 2.49. The van der Waals surface area contributed by atoms with Crippen LogP contribution in [0.1, 0.15) is 24.9 Å². The van der Waals surface area contributed by atoms with E-state index in [-0.39, 0.29) is 29.5 Å². The largest absolute Gasteiger partial charge is 0.508 e. The summed E-state index contributed by atoms with van der Waals surface area (Å²) in [4.78, 5) is 11.1. The zero-order valence-corrected chi connectivity index (χ0v) is 9.60. The first kappa shape index (κ1) is 11.7. The van der Waals surface area contributed by atoms with Gasteiger partial charge < -0.3 is 20.8 Å². The van der Waals surface area contributed by atoms with E-state index in [2.05, 4.69) is 10.6 Å². The second-order valence-electron chi connectivity index (χ2n) is 4.34. The Labute approximate surface area is 99.5 Å². The minimum absolute atomic E-state index is 0.0369. The molecule has 2 atom stereocenters. The first-order valence-corrected chi connectivity index (χ1v) is 5.61. The number of rotatable bonds is 3. The Balaban J connectivity index is 2.06. The van der Waals surface area contributed by atoms with Gasteiger partial charge in [-0.05, 0) is 25.1 Å². The van der Waals surface area contributed by atoms with Crippen LogP contribution in [0, 0.1) is 0 Å². The van der Waals surface area contributed by atoms with Crippen LogP contribution in [0.15, 0.2) is 18.2 Å². The molecule has 0 aliphatic carbocycles. The van der Waals surface area contributed by atoms with Crippen molar-refractivity contribution in [3.05, 3.63) is 23.8 Å². The minimum Gasteiger partial charge on any atom is -0.508 e. The number of hydrogen-bond donors (Lipinski definition) is 4. The van der Waals surface area contributed by atoms with Crippen LogP contribution in [0.3, 0.4) is 0 Å². The van der Waals surface area contributed by atoms with Gasteiger partial charge in [-0.25, -0.2) is 0 Å². The van der Waals surface area contributed by atoms with Gasteiger partial charge in [0.2, 0.25) is 5.91 Å². The Morgan fingerprint density at radius 3 is 2.88 bits per heavy atom. The summed E-state index contributed by atoms with van der Waals surface area (Å²) < 4.78 is 0. The zero-order valence-electron chi connectivity index (χ0n) is 9.60. The highest BCUT2D eigenvalue weighted by molar-refractivity contribution is 5.78. The summed E-state index contributed by atoms with van der Waals surface area (Å²) in [7, 11) is 0. The van der Waals surface area contributed by atoms with Gasteiger partial charge in [0, 0.05) is 30.6 Å². The molecular weight excluding hydrogens is 220 g/mol. The van der Waals surface area contributed by atoms with Crippen LogP contribution in [0.4, 0.5) is 0 Å². The van der Waals surface area contributed by atoms with Crippen molar-refractivity contribution in [1.82, 2.24) is 10.6 Å². The van der Waals surface area contributed by atoms with Crippen molar-refractivity contribution in [2.24, 2.45) is 0 Å². The van der Waals surface area contributed by atoms with E-state index < -0.39 is 0 Å². The molecule has 0 aromatic heterocycles. The molecule has 0 spiro atoms. The third-order valence-corrected chi connectivity index (χ3v) is 2.94. The van der Waals surface area contributed by atoms with Crippen molar-refractivity contribution >= 4 is 5.91 Å². The molecule has 1 aliphatic rings. The number of benzene rings is 1. The Morgan fingerprint density at radius 1 is 1.47 bits per heavy atom. The number of aromatic hydroxyl groups is 2. The Kier molecular flexibility index (Phi) is 3.19. The normalized spacial score (nSPS) is 21.2. The molecule has 1 fully saturated rings. The lowest BCUT2D eigenvalue weighted by Crippen LogP contribution is -2.33. The van der Waals surface area contributed by atoms with Crippen molar-refractivity contribution in [3.63, 3.8) is 0 Å². The fraction of sp³-hybridized carbons (Fsp3) is 0.417.